The van der Waals surface area contributed by atoms with Crippen molar-refractivity contribution in [2.45, 2.75) is 18.6 Å². The minimum Gasteiger partial charge on any atom is -0.478 e. The van der Waals surface area contributed by atoms with Gasteiger partial charge < -0.3 is 10.4 Å². The van der Waals surface area contributed by atoms with E-state index in [9.17, 15) is 19.2 Å². The third-order valence-electron chi connectivity index (χ3n) is 3.97. The molecule has 2 aromatic carbocycles. The first-order chi connectivity index (χ1) is 12.8. The Morgan fingerprint density at radius 3 is 2.48 bits per heavy atom. The summed E-state index contributed by atoms with van der Waals surface area (Å²) in [6.07, 6.45) is -0.155. The lowest BCUT2D eigenvalue weighted by atomic mass is 10.2. The van der Waals surface area contributed by atoms with Gasteiger partial charge in [0, 0.05) is 12.1 Å². The fourth-order valence-electron chi connectivity index (χ4n) is 2.66. The molecule has 3 rings (SSSR count). The van der Waals surface area contributed by atoms with Gasteiger partial charge in [-0.05, 0) is 60.6 Å². The van der Waals surface area contributed by atoms with Crippen LogP contribution in [-0.4, -0.2) is 33.4 Å². The number of aromatic carboxylic acids is 1. The molecule has 2 N–H and O–H groups in total. The number of nitrogens with one attached hydrogen (secondary N) is 1. The summed E-state index contributed by atoms with van der Waals surface area (Å²) in [5.74, 6) is -1.91. The van der Waals surface area contributed by atoms with Gasteiger partial charge in [-0.1, -0.05) is 12.1 Å². The van der Waals surface area contributed by atoms with Gasteiger partial charge in [-0.25, -0.2) is 9.69 Å². The van der Waals surface area contributed by atoms with E-state index in [1.54, 1.807) is 18.2 Å². The van der Waals surface area contributed by atoms with Crippen LogP contribution in [0.25, 0.3) is 0 Å². The largest absolute Gasteiger partial charge is 0.478 e. The molecule has 3 amide bonds. The smallest absolute Gasteiger partial charge is 0.335 e. The Morgan fingerprint density at radius 1 is 1.15 bits per heavy atom. The number of aryl methyl sites for hydroxylation is 1. The second kappa shape index (κ2) is 7.63. The van der Waals surface area contributed by atoms with Gasteiger partial charge in [0.05, 0.1) is 11.3 Å². The Morgan fingerprint density at radius 2 is 1.85 bits per heavy atom. The number of hydrogen-bond acceptors (Lipinski definition) is 5. The van der Waals surface area contributed by atoms with Crippen molar-refractivity contribution in [2.24, 2.45) is 0 Å². The highest BCUT2D eigenvalue weighted by atomic mass is 32.2. The molecule has 8 heteroatoms. The van der Waals surface area contributed by atoms with Crippen LogP contribution >= 0.6 is 11.8 Å². The van der Waals surface area contributed by atoms with Crippen molar-refractivity contribution in [3.8, 4) is 0 Å². The number of carboxylic acid groups (broad SMARTS) is 1. The molecule has 1 saturated heterocycles. The number of benzene rings is 2. The highest BCUT2D eigenvalue weighted by molar-refractivity contribution is 8.15. The van der Waals surface area contributed by atoms with Crippen molar-refractivity contribution < 1.29 is 24.3 Å². The number of hydrogen-bond donors (Lipinski definition) is 2. The van der Waals surface area contributed by atoms with E-state index in [4.69, 9.17) is 5.11 Å². The maximum Gasteiger partial charge on any atom is 0.335 e. The van der Waals surface area contributed by atoms with Crippen molar-refractivity contribution in [3.63, 3.8) is 0 Å². The van der Waals surface area contributed by atoms with E-state index in [2.05, 4.69) is 5.32 Å². The fourth-order valence-corrected chi connectivity index (χ4v) is 3.65. The summed E-state index contributed by atoms with van der Waals surface area (Å²) in [5, 5.41) is 10.3. The van der Waals surface area contributed by atoms with Crippen LogP contribution in [0.1, 0.15) is 22.3 Å². The van der Waals surface area contributed by atoms with Crippen molar-refractivity contribution in [3.05, 3.63) is 59.7 Å². The monoisotopic (exact) mass is 384 g/mol. The average molecular weight is 384 g/mol. The maximum absolute atomic E-state index is 12.6. The van der Waals surface area contributed by atoms with E-state index in [0.717, 1.165) is 22.2 Å². The van der Waals surface area contributed by atoms with Gasteiger partial charge in [0.25, 0.3) is 5.24 Å². The molecule has 0 radical (unpaired) electrons. The molecule has 0 aromatic heterocycles. The molecule has 1 aliphatic heterocycles. The van der Waals surface area contributed by atoms with Crippen LogP contribution in [-0.2, 0) is 9.59 Å². The van der Waals surface area contributed by atoms with E-state index in [-0.39, 0.29) is 12.0 Å². The molecule has 1 heterocycles. The Bertz CT molecular complexity index is 926. The Kier molecular flexibility index (Phi) is 5.27. The molecule has 0 bridgehead atoms. The van der Waals surface area contributed by atoms with E-state index < -0.39 is 28.3 Å². The van der Waals surface area contributed by atoms with Gasteiger partial charge in [0.2, 0.25) is 11.8 Å². The average Bonchev–Trinajstić information content (AvgIpc) is 2.88. The van der Waals surface area contributed by atoms with Crippen LogP contribution in [0.5, 0.6) is 0 Å². The zero-order chi connectivity index (χ0) is 19.6. The predicted molar refractivity (Wildman–Crippen MR) is 102 cm³/mol. The normalized spacial score (nSPS) is 16.5. The topological polar surface area (TPSA) is 104 Å². The predicted octanol–water partition coefficient (Wildman–Crippen LogP) is 3.29. The number of amides is 3. The van der Waals surface area contributed by atoms with Gasteiger partial charge in [-0.15, -0.1) is 0 Å². The number of imide groups is 1. The van der Waals surface area contributed by atoms with Crippen molar-refractivity contribution in [2.75, 3.05) is 10.2 Å². The van der Waals surface area contributed by atoms with Crippen LogP contribution in [0.15, 0.2) is 48.5 Å². The summed E-state index contributed by atoms with van der Waals surface area (Å²) in [5.41, 5.74) is 1.94. The van der Waals surface area contributed by atoms with Crippen molar-refractivity contribution >= 4 is 46.2 Å². The van der Waals surface area contributed by atoms with E-state index >= 15 is 0 Å². The van der Waals surface area contributed by atoms with E-state index in [0.29, 0.717) is 11.4 Å². The highest BCUT2D eigenvalue weighted by Gasteiger charge is 2.41. The first-order valence-corrected chi connectivity index (χ1v) is 8.97. The van der Waals surface area contributed by atoms with Crippen LogP contribution in [0.3, 0.4) is 0 Å². The van der Waals surface area contributed by atoms with Crippen LogP contribution < -0.4 is 10.2 Å². The lowest BCUT2D eigenvalue weighted by Crippen LogP contribution is -2.33. The second-order valence-corrected chi connectivity index (χ2v) is 7.17. The van der Waals surface area contributed by atoms with Gasteiger partial charge in [0.1, 0.15) is 5.25 Å². The molecule has 138 valence electrons. The molecular weight excluding hydrogens is 368 g/mol. The summed E-state index contributed by atoms with van der Waals surface area (Å²) in [6, 6.07) is 12.7. The maximum atomic E-state index is 12.6. The molecule has 7 nitrogen and oxygen atoms in total. The molecule has 0 aliphatic carbocycles. The molecule has 27 heavy (non-hydrogen) atoms. The SMILES string of the molecule is Cc1cccc(N2C(=O)SC(CC(=O)Nc3ccc(C(=O)O)cc3)C2=O)c1. The number of carboxylic acids is 1. The van der Waals surface area contributed by atoms with Gasteiger partial charge in [-0.2, -0.15) is 0 Å². The Labute approximate surface area is 159 Å². The number of rotatable bonds is 5. The lowest BCUT2D eigenvalue weighted by molar-refractivity contribution is -0.121. The van der Waals surface area contributed by atoms with Crippen LogP contribution in [0, 0.1) is 6.92 Å². The minimum atomic E-state index is -1.06. The number of anilines is 2. The second-order valence-electron chi connectivity index (χ2n) is 6.02. The molecular formula is C19H16N2O5S. The molecule has 1 unspecified atom stereocenters. The quantitative estimate of drug-likeness (QED) is 0.820. The number of carbonyl (C=O) groups excluding carboxylic acids is 3. The molecule has 2 aromatic rings. The number of thioether (sulfide) groups is 1. The molecule has 0 spiro atoms. The third kappa shape index (κ3) is 4.17. The highest BCUT2D eigenvalue weighted by Crippen LogP contribution is 2.33. The van der Waals surface area contributed by atoms with Gasteiger partial charge in [0.15, 0.2) is 0 Å². The molecule has 1 aliphatic rings. The van der Waals surface area contributed by atoms with Crippen LogP contribution in [0.2, 0.25) is 0 Å². The lowest BCUT2D eigenvalue weighted by Gasteiger charge is -2.14. The number of nitrogens with zero attached hydrogens (tertiary/aromatic N) is 1. The molecule has 1 atom stereocenters. The summed E-state index contributed by atoms with van der Waals surface area (Å²) >= 11 is 0.827. The third-order valence-corrected chi connectivity index (χ3v) is 5.00. The summed E-state index contributed by atoms with van der Waals surface area (Å²) in [7, 11) is 0. The van der Waals surface area contributed by atoms with E-state index in [1.807, 2.05) is 13.0 Å². The zero-order valence-corrected chi connectivity index (χ0v) is 15.2. The Hall–Kier alpha value is -3.13. The summed E-state index contributed by atoms with van der Waals surface area (Å²) in [4.78, 5) is 48.9. The molecule has 0 saturated carbocycles. The number of carbonyl (C=O) groups is 4. The van der Waals surface area contributed by atoms with Crippen molar-refractivity contribution in [1.82, 2.24) is 0 Å². The molecule has 1 fully saturated rings. The Balaban J connectivity index is 1.65. The van der Waals surface area contributed by atoms with E-state index in [1.165, 1.54) is 24.3 Å². The summed E-state index contributed by atoms with van der Waals surface area (Å²) in [6.45, 7) is 1.86. The summed E-state index contributed by atoms with van der Waals surface area (Å²) < 4.78 is 0. The van der Waals surface area contributed by atoms with Crippen molar-refractivity contribution in [1.29, 1.82) is 0 Å². The first-order valence-electron chi connectivity index (χ1n) is 8.09. The fraction of sp³-hybridized carbons (Fsp3) is 0.158. The first kappa shape index (κ1) is 18.7. The minimum absolute atomic E-state index is 0.105. The van der Waals surface area contributed by atoms with Gasteiger partial charge >= 0.3 is 5.97 Å². The zero-order valence-electron chi connectivity index (χ0n) is 14.3. The van der Waals surface area contributed by atoms with Crippen LogP contribution in [0.4, 0.5) is 16.2 Å². The van der Waals surface area contributed by atoms with Gasteiger partial charge in [-0.3, -0.25) is 14.4 Å². The standard InChI is InChI=1S/C19H16N2O5S/c1-11-3-2-4-14(9-11)21-17(23)15(27-19(21)26)10-16(22)20-13-7-5-12(6-8-13)18(24)25/h2-9,15H,10H2,1H3,(H,20,22)(H,24,25).